The molecule has 132 heavy (non-hydrogen) atoms. The minimum Gasteiger partial charge on any atom is -0.354 e. The Balaban J connectivity index is 0.687. The predicted molar refractivity (Wildman–Crippen MR) is 570 cm³/mol. The van der Waals surface area contributed by atoms with Crippen LogP contribution in [0.15, 0.2) is 0 Å². The predicted octanol–water partition coefficient (Wildman–Crippen LogP) is 36.9. The number of nitrogens with one attached hydrogen (secondary N) is 4. The Hall–Kier alpha value is -2.78. The molecule has 0 saturated heterocycles. The van der Waals surface area contributed by atoms with E-state index < -0.39 is 0 Å². The lowest BCUT2D eigenvalue weighted by Gasteiger charge is -2.39. The zero-order valence-electron chi connectivity index (χ0n) is 88.8. The van der Waals surface area contributed by atoms with Crippen LogP contribution < -0.4 is 21.3 Å². The molecule has 5 rings (SSSR count). The molecule has 0 aromatic rings. The van der Waals surface area contributed by atoms with Crippen molar-refractivity contribution in [2.45, 2.75) is 656 Å². The monoisotopic (exact) mass is 1850 g/mol. The quantitative estimate of drug-likeness (QED) is 0.0445. The van der Waals surface area contributed by atoms with Crippen molar-refractivity contribution in [1.29, 1.82) is 0 Å². The fraction of sp³-hybridized carbons (Fsp3) is 0.951. The molecule has 0 aromatic heterocycles. The van der Waals surface area contributed by atoms with E-state index >= 15 is 0 Å². The van der Waals surface area contributed by atoms with Crippen LogP contribution in [0.3, 0.4) is 0 Å². The number of carbonyl (C=O) groups is 6. The number of rotatable bonds is 100. The molecule has 10 nitrogen and oxygen atoms in total. The highest BCUT2D eigenvalue weighted by atomic mass is 16.2. The maximum atomic E-state index is 14.3. The van der Waals surface area contributed by atoms with Crippen LogP contribution in [0.25, 0.3) is 0 Å². The zero-order valence-corrected chi connectivity index (χ0v) is 88.8. The van der Waals surface area contributed by atoms with Crippen molar-refractivity contribution in [2.24, 2.45) is 59.2 Å². The number of unbranched alkanes of at least 4 members (excludes halogenated alkanes) is 88. The molecule has 0 heterocycles. The van der Waals surface area contributed by atoms with Gasteiger partial charge >= 0.3 is 0 Å². The van der Waals surface area contributed by atoms with Gasteiger partial charge in [-0.15, -0.1) is 0 Å². The number of hydrogen-bond acceptors (Lipinski definition) is 6. The molecule has 10 atom stereocenters. The van der Waals surface area contributed by atoms with E-state index in [2.05, 4.69) is 35.1 Å². The molecule has 5 saturated carbocycles. The van der Waals surface area contributed by atoms with Crippen molar-refractivity contribution in [3.8, 4) is 0 Å². The first-order chi connectivity index (χ1) is 65.2. The van der Waals surface area contributed by atoms with Crippen LogP contribution >= 0.6 is 0 Å². The highest BCUT2D eigenvalue weighted by Gasteiger charge is 2.62. The van der Waals surface area contributed by atoms with Gasteiger partial charge in [-0.25, -0.2) is 0 Å². The number of ketones is 2. The van der Waals surface area contributed by atoms with Gasteiger partial charge < -0.3 is 21.3 Å². The molecule has 5 aliphatic rings. The second kappa shape index (κ2) is 88.4. The molecule has 5 aliphatic carbocycles. The van der Waals surface area contributed by atoms with Crippen LogP contribution in [-0.4, -0.2) is 61.4 Å². The Kier molecular flexibility index (Phi) is 80.2. The Morgan fingerprint density at radius 1 is 0.182 bits per heavy atom. The SMILES string of the molecule is CCCCCCCCCCCCCCCCCCCCCCCCCCCCCCCCCCCCCCCCCCCCCCCC(=O)NCCNC(=O)C1CCC2C(C1)C(=O)C1CC3C(CC12)C(=O)C1CC(C(=O)NCCNC(=O)CCCCCCCCCCCCCCCCCCCCCCCCCCCCCCCCCCCCCCCCCCCCCCC)CCC13. The van der Waals surface area contributed by atoms with Crippen molar-refractivity contribution in [2.75, 3.05) is 26.2 Å². The van der Waals surface area contributed by atoms with E-state index in [1.807, 2.05) is 0 Å². The number of amides is 4. The molecule has 4 amide bonds. The van der Waals surface area contributed by atoms with Crippen molar-refractivity contribution in [1.82, 2.24) is 21.3 Å². The average Bonchev–Trinajstić information content (AvgIpc) is 1.57. The highest BCUT2D eigenvalue weighted by molar-refractivity contribution is 5.91. The Morgan fingerprint density at radius 3 is 0.492 bits per heavy atom. The van der Waals surface area contributed by atoms with Crippen LogP contribution in [-0.2, 0) is 28.8 Å². The summed E-state index contributed by atoms with van der Waals surface area (Å²) < 4.78 is 0. The molecule has 772 valence electrons. The second-order valence-corrected chi connectivity index (χ2v) is 45.3. The van der Waals surface area contributed by atoms with Crippen molar-refractivity contribution in [3.05, 3.63) is 0 Å². The van der Waals surface area contributed by atoms with Gasteiger partial charge in [-0.2, -0.15) is 0 Å². The summed E-state index contributed by atoms with van der Waals surface area (Å²) in [6.45, 7) is 6.28. The van der Waals surface area contributed by atoms with Gasteiger partial charge in [-0.1, -0.05) is 579 Å². The zero-order chi connectivity index (χ0) is 93.6. The smallest absolute Gasteiger partial charge is 0.223 e. The number of Topliss-reactive ketones (excluding diaryl/α,β-unsaturated/α-hetero) is 2. The summed E-state index contributed by atoms with van der Waals surface area (Å²) >= 11 is 0. The van der Waals surface area contributed by atoms with Crippen molar-refractivity contribution in [3.63, 3.8) is 0 Å². The van der Waals surface area contributed by atoms with Crippen LogP contribution in [0, 0.1) is 59.2 Å². The standard InChI is InChI=1S/C122H228N4O6/c1-3-5-7-9-11-13-15-17-19-21-23-25-27-29-31-33-35-37-39-41-43-45-47-49-51-53-55-57-59-61-63-65-67-69-71-73-75-77-79-81-83-85-87-89-91-93-117(127)123-99-101-125-121(131)107-95-97-109-111-105-116-112(106-115(111)119(129)113(109)103-107)110-98-96-108(104-114(110)120(116)130)122(132)126-102-100-124-118(128)94-92-90-88-86-84-82-80-78-76-74-72-70-68-66-64-62-60-58-56-54-52-50-48-46-44-42-40-38-36-34-32-30-28-26-24-22-20-18-16-14-12-10-8-6-4-2/h107-116H,3-106H2,1-2H3,(H,123,127)(H,124,128)(H,125,131)(H,126,132). The van der Waals surface area contributed by atoms with E-state index in [0.29, 0.717) is 63.4 Å². The normalized spacial score (nSPS) is 19.8. The topological polar surface area (TPSA) is 151 Å². The van der Waals surface area contributed by atoms with Crippen LogP contribution in [0.5, 0.6) is 0 Å². The fourth-order valence-electron chi connectivity index (χ4n) is 25.1. The summed E-state index contributed by atoms with van der Waals surface area (Å²) in [5.74, 6) is 1.16. The summed E-state index contributed by atoms with van der Waals surface area (Å²) in [6.07, 6.45) is 135. The van der Waals surface area contributed by atoms with Crippen molar-refractivity contribution < 1.29 is 28.8 Å². The lowest BCUT2D eigenvalue weighted by molar-refractivity contribution is -0.131. The van der Waals surface area contributed by atoms with Gasteiger partial charge in [0, 0.05) is 74.5 Å². The minimum absolute atomic E-state index is 0.00607. The van der Waals surface area contributed by atoms with E-state index in [0.717, 1.165) is 64.2 Å². The molecule has 0 bridgehead atoms. The van der Waals surface area contributed by atoms with Crippen LogP contribution in [0.1, 0.15) is 656 Å². The molecule has 0 aliphatic heterocycles. The fourth-order valence-corrected chi connectivity index (χ4v) is 25.1. The van der Waals surface area contributed by atoms with E-state index in [1.165, 1.54) is 552 Å². The molecule has 5 fully saturated rings. The Labute approximate surface area is 821 Å². The summed E-state index contributed by atoms with van der Waals surface area (Å²) in [5, 5.41) is 12.2. The maximum Gasteiger partial charge on any atom is 0.223 e. The maximum absolute atomic E-state index is 14.3. The molecular weight excluding hydrogens is 1620 g/mol. The van der Waals surface area contributed by atoms with Gasteiger partial charge in [0.15, 0.2) is 0 Å². The van der Waals surface area contributed by atoms with E-state index in [4.69, 9.17) is 0 Å². The Bertz CT molecular complexity index is 2450. The van der Waals surface area contributed by atoms with Crippen LogP contribution in [0.2, 0.25) is 0 Å². The van der Waals surface area contributed by atoms with Crippen molar-refractivity contribution >= 4 is 35.2 Å². The summed E-state index contributed by atoms with van der Waals surface area (Å²) in [5.41, 5.74) is 0. The molecule has 0 aromatic carbocycles. The molecule has 10 unspecified atom stereocenters. The number of carbonyl (C=O) groups excluding carboxylic acids is 6. The summed E-state index contributed by atoms with van der Waals surface area (Å²) in [4.78, 5) is 80.9. The molecule has 0 radical (unpaired) electrons. The first-order valence-corrected chi connectivity index (χ1v) is 61.4. The third-order valence-electron chi connectivity index (χ3n) is 33.7. The summed E-state index contributed by atoms with van der Waals surface area (Å²) in [7, 11) is 0. The number of fused-ring (bicyclic) bond motifs is 6. The van der Waals surface area contributed by atoms with Gasteiger partial charge in [0.2, 0.25) is 23.6 Å². The molecule has 10 heteroatoms. The van der Waals surface area contributed by atoms with Gasteiger partial charge in [0.1, 0.15) is 11.6 Å². The third kappa shape index (κ3) is 63.1. The number of hydrogen-bond donors (Lipinski definition) is 4. The van der Waals surface area contributed by atoms with E-state index in [-0.39, 0.29) is 82.8 Å². The van der Waals surface area contributed by atoms with E-state index in [9.17, 15) is 28.8 Å². The Morgan fingerprint density at radius 2 is 0.326 bits per heavy atom. The van der Waals surface area contributed by atoms with Gasteiger partial charge in [0.05, 0.1) is 0 Å². The first-order valence-electron chi connectivity index (χ1n) is 61.4. The summed E-state index contributed by atoms with van der Waals surface area (Å²) in [6, 6.07) is 0. The largest absolute Gasteiger partial charge is 0.354 e. The first kappa shape index (κ1) is 120. The minimum atomic E-state index is -0.187. The average molecular weight is 1850 g/mol. The van der Waals surface area contributed by atoms with Gasteiger partial charge in [-0.3, -0.25) is 28.8 Å². The lowest BCUT2D eigenvalue weighted by atomic mass is 9.64. The van der Waals surface area contributed by atoms with E-state index in [1.54, 1.807) is 0 Å². The molecule has 0 spiro atoms. The van der Waals surface area contributed by atoms with Gasteiger partial charge in [0.25, 0.3) is 0 Å². The van der Waals surface area contributed by atoms with Crippen LogP contribution in [0.4, 0.5) is 0 Å². The highest BCUT2D eigenvalue weighted by Crippen LogP contribution is 2.62. The lowest BCUT2D eigenvalue weighted by Crippen LogP contribution is -2.40. The van der Waals surface area contributed by atoms with Gasteiger partial charge in [-0.05, 0) is 87.9 Å². The molecular formula is C122H228N4O6. The molecule has 4 N–H and O–H groups in total. The third-order valence-corrected chi connectivity index (χ3v) is 33.7. The second-order valence-electron chi connectivity index (χ2n) is 45.3.